The number of hydrogen-bond donors (Lipinski definition) is 1. The lowest BCUT2D eigenvalue weighted by atomic mass is 10.2. The van der Waals surface area contributed by atoms with E-state index in [1.54, 1.807) is 24.3 Å². The summed E-state index contributed by atoms with van der Waals surface area (Å²) in [5.41, 5.74) is 1.71. The average Bonchev–Trinajstić information content (AvgIpc) is 3.46. The van der Waals surface area contributed by atoms with Crippen molar-refractivity contribution in [2.24, 2.45) is 7.05 Å². The molecular formula is C24H19ClF3N7O4S. The van der Waals surface area contributed by atoms with Crippen LogP contribution in [0, 0.1) is 0 Å². The number of halogens is 4. The fraction of sp³-hybridized carbons (Fsp3) is 0.208. The first-order chi connectivity index (χ1) is 18.9. The van der Waals surface area contributed by atoms with Crippen LogP contribution in [0.5, 0.6) is 0 Å². The molecule has 0 radical (unpaired) electrons. The zero-order chi connectivity index (χ0) is 28.8. The number of aryl methyl sites for hydroxylation is 1. The van der Waals surface area contributed by atoms with E-state index in [0.717, 1.165) is 16.8 Å². The van der Waals surface area contributed by atoms with Gasteiger partial charge in [-0.15, -0.1) is 0 Å². The Labute approximate surface area is 229 Å². The predicted octanol–water partition coefficient (Wildman–Crippen LogP) is 4.01. The second-order valence-electron chi connectivity index (χ2n) is 8.55. The lowest BCUT2D eigenvalue weighted by Crippen LogP contribution is -2.26. The standard InChI is InChI=1S/C24H19ClF3N7O4S/c1-3-40(37,38)23-19(21-31-15-10-18(24(26,27)28)30-11-17(15)34(21)2)20-29-8-7-16(35(20)32-23)22(36)33-39-12-13-5-4-6-14(25)9-13/h4-11H,3,12H2,1-2H3,(H,33,36). The molecule has 0 atom stereocenters. The SMILES string of the molecule is CCS(=O)(=O)c1nn2c(C(=O)NOCc3cccc(Cl)c3)ccnc2c1-c1nc2cc(C(F)(F)F)ncc2n1C. The van der Waals surface area contributed by atoms with E-state index in [0.29, 0.717) is 10.6 Å². The molecule has 1 amide bonds. The van der Waals surface area contributed by atoms with E-state index in [-0.39, 0.29) is 46.1 Å². The Bertz CT molecular complexity index is 1890. The van der Waals surface area contributed by atoms with Gasteiger partial charge in [0.1, 0.15) is 22.8 Å². The van der Waals surface area contributed by atoms with Gasteiger partial charge in [0.25, 0.3) is 5.91 Å². The molecular weight excluding hydrogens is 575 g/mol. The second kappa shape index (κ2) is 10.1. The molecule has 11 nitrogen and oxygen atoms in total. The van der Waals surface area contributed by atoms with Crippen molar-refractivity contribution in [3.05, 3.63) is 70.8 Å². The topological polar surface area (TPSA) is 133 Å². The monoisotopic (exact) mass is 593 g/mol. The summed E-state index contributed by atoms with van der Waals surface area (Å²) in [6, 6.07) is 8.88. The van der Waals surface area contributed by atoms with Crippen LogP contribution in [-0.2, 0) is 34.5 Å². The number of carbonyl (C=O) groups excluding carboxylic acids is 1. The van der Waals surface area contributed by atoms with Crippen LogP contribution in [0.1, 0.15) is 28.7 Å². The van der Waals surface area contributed by atoms with Gasteiger partial charge in [0.05, 0.1) is 29.6 Å². The number of nitrogens with one attached hydrogen (secondary N) is 1. The van der Waals surface area contributed by atoms with Crippen LogP contribution >= 0.6 is 11.6 Å². The highest BCUT2D eigenvalue weighted by Gasteiger charge is 2.34. The number of sulfone groups is 1. The zero-order valence-corrected chi connectivity index (χ0v) is 22.3. The minimum Gasteiger partial charge on any atom is -0.326 e. The fourth-order valence-corrected chi connectivity index (χ4v) is 5.17. The zero-order valence-electron chi connectivity index (χ0n) is 20.8. The molecule has 16 heteroatoms. The highest BCUT2D eigenvalue weighted by atomic mass is 35.5. The third-order valence-electron chi connectivity index (χ3n) is 5.97. The smallest absolute Gasteiger partial charge is 0.326 e. The summed E-state index contributed by atoms with van der Waals surface area (Å²) < 4.78 is 68.3. The van der Waals surface area contributed by atoms with Crippen LogP contribution in [0.2, 0.25) is 5.02 Å². The number of rotatable bonds is 7. The molecule has 0 fully saturated rings. The maximum absolute atomic E-state index is 13.2. The number of fused-ring (bicyclic) bond motifs is 2. The van der Waals surface area contributed by atoms with Gasteiger partial charge in [-0.05, 0) is 29.8 Å². The van der Waals surface area contributed by atoms with Crippen LogP contribution in [0.15, 0.2) is 53.8 Å². The largest absolute Gasteiger partial charge is 0.433 e. The quantitative estimate of drug-likeness (QED) is 0.280. The molecule has 0 aliphatic rings. The maximum Gasteiger partial charge on any atom is 0.433 e. The lowest BCUT2D eigenvalue weighted by Gasteiger charge is -2.07. The third-order valence-corrected chi connectivity index (χ3v) is 7.84. The Morgan fingerprint density at radius 2 is 1.95 bits per heavy atom. The molecule has 0 aliphatic carbocycles. The molecule has 0 spiro atoms. The lowest BCUT2D eigenvalue weighted by molar-refractivity contribution is -0.141. The van der Waals surface area contributed by atoms with Crippen molar-refractivity contribution in [2.45, 2.75) is 24.7 Å². The molecule has 5 rings (SSSR count). The minimum atomic E-state index is -4.70. The number of benzene rings is 1. The van der Waals surface area contributed by atoms with Crippen LogP contribution < -0.4 is 5.48 Å². The number of hydrogen-bond acceptors (Lipinski definition) is 8. The first-order valence-electron chi connectivity index (χ1n) is 11.6. The number of nitrogens with zero attached hydrogens (tertiary/aromatic N) is 6. The van der Waals surface area contributed by atoms with Crippen LogP contribution in [0.25, 0.3) is 28.1 Å². The van der Waals surface area contributed by atoms with Crippen molar-refractivity contribution in [2.75, 3.05) is 5.75 Å². The summed E-state index contributed by atoms with van der Waals surface area (Å²) in [6.07, 6.45) is -2.44. The number of pyridine rings is 1. The van der Waals surface area contributed by atoms with E-state index in [1.165, 1.54) is 30.8 Å². The van der Waals surface area contributed by atoms with E-state index in [1.807, 2.05) is 0 Å². The van der Waals surface area contributed by atoms with Crippen molar-refractivity contribution >= 4 is 44.0 Å². The number of aromatic nitrogens is 6. The molecule has 1 N–H and O–H groups in total. The van der Waals surface area contributed by atoms with Gasteiger partial charge < -0.3 is 4.57 Å². The van der Waals surface area contributed by atoms with Gasteiger partial charge in [0.2, 0.25) is 0 Å². The van der Waals surface area contributed by atoms with Crippen molar-refractivity contribution in [1.82, 2.24) is 34.6 Å². The Kier molecular flexibility index (Phi) is 6.97. The summed E-state index contributed by atoms with van der Waals surface area (Å²) in [5, 5.41) is 4.23. The molecule has 208 valence electrons. The van der Waals surface area contributed by atoms with Crippen LogP contribution in [0.3, 0.4) is 0 Å². The summed E-state index contributed by atoms with van der Waals surface area (Å²) in [5.74, 6) is -1.13. The van der Waals surface area contributed by atoms with Crippen molar-refractivity contribution in [1.29, 1.82) is 0 Å². The number of amides is 1. The third kappa shape index (κ3) is 4.98. The Hall–Kier alpha value is -4.08. The van der Waals surface area contributed by atoms with E-state index in [4.69, 9.17) is 16.4 Å². The van der Waals surface area contributed by atoms with Gasteiger partial charge in [-0.25, -0.2) is 33.4 Å². The Morgan fingerprint density at radius 3 is 2.65 bits per heavy atom. The molecule has 4 aromatic heterocycles. The van der Waals surface area contributed by atoms with Crippen molar-refractivity contribution in [3.63, 3.8) is 0 Å². The highest BCUT2D eigenvalue weighted by Crippen LogP contribution is 2.34. The molecule has 5 aromatic rings. The molecule has 0 saturated heterocycles. The molecule has 0 unspecified atom stereocenters. The summed E-state index contributed by atoms with van der Waals surface area (Å²) in [6.45, 7) is 1.40. The first-order valence-corrected chi connectivity index (χ1v) is 13.6. The maximum atomic E-state index is 13.2. The minimum absolute atomic E-state index is 0.00580. The Morgan fingerprint density at radius 1 is 1.18 bits per heavy atom. The van der Waals surface area contributed by atoms with Gasteiger partial charge >= 0.3 is 6.18 Å². The molecule has 0 bridgehead atoms. The number of hydroxylamine groups is 1. The fourth-order valence-electron chi connectivity index (χ4n) is 3.98. The predicted molar refractivity (Wildman–Crippen MR) is 137 cm³/mol. The van der Waals surface area contributed by atoms with Crippen molar-refractivity contribution in [3.8, 4) is 11.4 Å². The molecule has 4 heterocycles. The normalized spacial score (nSPS) is 12.3. The van der Waals surface area contributed by atoms with E-state index < -0.39 is 32.6 Å². The number of carbonyl (C=O) groups is 1. The molecule has 40 heavy (non-hydrogen) atoms. The van der Waals surface area contributed by atoms with E-state index in [9.17, 15) is 26.4 Å². The van der Waals surface area contributed by atoms with Gasteiger partial charge in [-0.1, -0.05) is 30.7 Å². The highest BCUT2D eigenvalue weighted by molar-refractivity contribution is 7.91. The molecule has 0 aliphatic heterocycles. The summed E-state index contributed by atoms with van der Waals surface area (Å²) in [7, 11) is -2.53. The number of imidazole rings is 1. The van der Waals surface area contributed by atoms with E-state index in [2.05, 4.69) is 25.5 Å². The molecule has 1 aromatic carbocycles. The van der Waals surface area contributed by atoms with Gasteiger partial charge in [0.15, 0.2) is 20.5 Å². The summed E-state index contributed by atoms with van der Waals surface area (Å²) in [4.78, 5) is 30.3. The van der Waals surface area contributed by atoms with Gasteiger partial charge in [-0.3, -0.25) is 9.63 Å². The second-order valence-corrected chi connectivity index (χ2v) is 11.2. The first kappa shape index (κ1) is 27.5. The van der Waals surface area contributed by atoms with Gasteiger partial charge in [-0.2, -0.15) is 18.3 Å². The summed E-state index contributed by atoms with van der Waals surface area (Å²) >= 11 is 5.96. The average molecular weight is 594 g/mol. The van der Waals surface area contributed by atoms with Gasteiger partial charge in [0, 0.05) is 18.3 Å². The number of alkyl halides is 3. The van der Waals surface area contributed by atoms with Crippen LogP contribution in [-0.4, -0.2) is 49.2 Å². The van der Waals surface area contributed by atoms with Crippen LogP contribution in [0.4, 0.5) is 13.2 Å². The Balaban J connectivity index is 1.60. The van der Waals surface area contributed by atoms with Crippen molar-refractivity contribution < 1.29 is 31.2 Å². The van der Waals surface area contributed by atoms with E-state index >= 15 is 0 Å². The molecule has 0 saturated carbocycles.